The third-order valence-electron chi connectivity index (χ3n) is 3.97. The molecule has 2 nitrogen and oxygen atoms in total. The third kappa shape index (κ3) is 3.03. The van der Waals surface area contributed by atoms with Crippen LogP contribution in [0.4, 0.5) is 0 Å². The van der Waals surface area contributed by atoms with Crippen LogP contribution in [0.25, 0.3) is 22.2 Å². The van der Waals surface area contributed by atoms with Gasteiger partial charge in [-0.05, 0) is 54.1 Å². The van der Waals surface area contributed by atoms with Crippen LogP contribution in [0.2, 0.25) is 0 Å². The van der Waals surface area contributed by atoms with Crippen molar-refractivity contribution < 1.29 is 4.74 Å². The lowest BCUT2D eigenvalue weighted by Gasteiger charge is -2.03. The summed E-state index contributed by atoms with van der Waals surface area (Å²) in [5.74, 6) is 0.877. The molecule has 3 aromatic carbocycles. The second-order valence-electron chi connectivity index (χ2n) is 5.58. The Morgan fingerprint density at radius 3 is 2.29 bits per heavy atom. The van der Waals surface area contributed by atoms with Gasteiger partial charge in [-0.3, -0.25) is 0 Å². The lowest BCUT2D eigenvalue weighted by molar-refractivity contribution is 0.415. The summed E-state index contributed by atoms with van der Waals surface area (Å²) in [7, 11) is 1.69. The van der Waals surface area contributed by atoms with Crippen molar-refractivity contribution in [2.45, 2.75) is 9.79 Å². The molecular weight excluding hydrogens is 314 g/mol. The SMILES string of the molecule is COc1ccc2[nH]c(-c3ccc(Sc4ccccc4)cc3)cc2c1. The van der Waals surface area contributed by atoms with E-state index in [1.807, 2.05) is 12.1 Å². The minimum atomic E-state index is 0.877. The summed E-state index contributed by atoms with van der Waals surface area (Å²) >= 11 is 1.77. The predicted molar refractivity (Wildman–Crippen MR) is 101 cm³/mol. The lowest BCUT2D eigenvalue weighted by atomic mass is 10.1. The summed E-state index contributed by atoms with van der Waals surface area (Å²) < 4.78 is 5.29. The van der Waals surface area contributed by atoms with Gasteiger partial charge in [0.1, 0.15) is 5.75 Å². The van der Waals surface area contributed by atoms with E-state index in [1.165, 1.54) is 15.4 Å². The molecule has 4 rings (SSSR count). The molecule has 0 spiro atoms. The van der Waals surface area contributed by atoms with E-state index in [9.17, 15) is 0 Å². The van der Waals surface area contributed by atoms with Crippen LogP contribution >= 0.6 is 11.8 Å². The van der Waals surface area contributed by atoms with Crippen molar-refractivity contribution in [3.05, 3.63) is 78.9 Å². The van der Waals surface area contributed by atoms with Gasteiger partial charge >= 0.3 is 0 Å². The van der Waals surface area contributed by atoms with E-state index in [-0.39, 0.29) is 0 Å². The maximum Gasteiger partial charge on any atom is 0.119 e. The number of aromatic nitrogens is 1. The highest BCUT2D eigenvalue weighted by Crippen LogP contribution is 2.31. The molecule has 3 heteroatoms. The number of aromatic amines is 1. The molecule has 0 unspecified atom stereocenters. The maximum atomic E-state index is 5.29. The van der Waals surface area contributed by atoms with Gasteiger partial charge in [-0.25, -0.2) is 0 Å². The molecule has 0 atom stereocenters. The second-order valence-corrected chi connectivity index (χ2v) is 6.72. The second kappa shape index (κ2) is 6.46. The van der Waals surface area contributed by atoms with Crippen molar-refractivity contribution in [3.63, 3.8) is 0 Å². The summed E-state index contributed by atoms with van der Waals surface area (Å²) in [5.41, 5.74) is 3.42. The Morgan fingerprint density at radius 2 is 1.54 bits per heavy atom. The lowest BCUT2D eigenvalue weighted by Crippen LogP contribution is -1.80. The summed E-state index contributed by atoms with van der Waals surface area (Å²) in [6, 6.07) is 27.3. The van der Waals surface area contributed by atoms with E-state index >= 15 is 0 Å². The molecule has 0 radical (unpaired) electrons. The Labute approximate surface area is 145 Å². The minimum Gasteiger partial charge on any atom is -0.497 e. The molecule has 0 aliphatic carbocycles. The summed E-state index contributed by atoms with van der Waals surface area (Å²) in [6.07, 6.45) is 0. The van der Waals surface area contributed by atoms with Crippen LogP contribution in [0, 0.1) is 0 Å². The fourth-order valence-electron chi connectivity index (χ4n) is 2.72. The molecule has 0 bridgehead atoms. The number of fused-ring (bicyclic) bond motifs is 1. The Kier molecular flexibility index (Phi) is 4.01. The maximum absolute atomic E-state index is 5.29. The van der Waals surface area contributed by atoms with Crippen LogP contribution in [-0.4, -0.2) is 12.1 Å². The van der Waals surface area contributed by atoms with Gasteiger partial charge in [-0.15, -0.1) is 0 Å². The molecule has 0 saturated carbocycles. The molecule has 24 heavy (non-hydrogen) atoms. The Balaban J connectivity index is 1.60. The fourth-order valence-corrected chi connectivity index (χ4v) is 3.56. The van der Waals surface area contributed by atoms with Crippen molar-refractivity contribution in [1.82, 2.24) is 4.98 Å². The van der Waals surface area contributed by atoms with Crippen LogP contribution in [0.1, 0.15) is 0 Å². The molecule has 4 aromatic rings. The molecule has 1 heterocycles. The average Bonchev–Trinajstić information content (AvgIpc) is 3.06. The van der Waals surface area contributed by atoms with Crippen molar-refractivity contribution >= 4 is 22.7 Å². The van der Waals surface area contributed by atoms with E-state index in [2.05, 4.69) is 71.7 Å². The van der Waals surface area contributed by atoms with E-state index in [0.717, 1.165) is 22.3 Å². The standard InChI is InChI=1S/C21H17NOS/c1-23-17-9-12-20-16(13-17)14-21(22-20)15-7-10-19(11-8-15)24-18-5-3-2-4-6-18/h2-14,22H,1H3. The Bertz CT molecular complexity index is 958. The van der Waals surface area contributed by atoms with Crippen molar-refractivity contribution in [3.8, 4) is 17.0 Å². The van der Waals surface area contributed by atoms with Crippen LogP contribution < -0.4 is 4.74 Å². The number of H-pyrrole nitrogens is 1. The molecule has 1 aromatic heterocycles. The average molecular weight is 331 g/mol. The monoisotopic (exact) mass is 331 g/mol. The predicted octanol–water partition coefficient (Wildman–Crippen LogP) is 5.99. The van der Waals surface area contributed by atoms with Crippen LogP contribution in [0.3, 0.4) is 0 Å². The number of benzene rings is 3. The van der Waals surface area contributed by atoms with Crippen molar-refractivity contribution in [2.75, 3.05) is 7.11 Å². The Morgan fingerprint density at radius 1 is 0.792 bits per heavy atom. The largest absolute Gasteiger partial charge is 0.497 e. The number of hydrogen-bond donors (Lipinski definition) is 1. The highest BCUT2D eigenvalue weighted by atomic mass is 32.2. The smallest absolute Gasteiger partial charge is 0.119 e. The molecule has 0 aliphatic rings. The van der Waals surface area contributed by atoms with Gasteiger partial charge in [-0.1, -0.05) is 42.1 Å². The normalized spacial score (nSPS) is 10.9. The number of hydrogen-bond acceptors (Lipinski definition) is 2. The quantitative estimate of drug-likeness (QED) is 0.496. The van der Waals surface area contributed by atoms with Gasteiger partial charge in [0.25, 0.3) is 0 Å². The summed E-state index contributed by atoms with van der Waals surface area (Å²) in [4.78, 5) is 5.96. The molecule has 0 amide bonds. The topological polar surface area (TPSA) is 25.0 Å². The van der Waals surface area contributed by atoms with Gasteiger partial charge in [0, 0.05) is 26.4 Å². The van der Waals surface area contributed by atoms with Gasteiger partial charge in [0.05, 0.1) is 7.11 Å². The van der Waals surface area contributed by atoms with Gasteiger partial charge in [-0.2, -0.15) is 0 Å². The van der Waals surface area contributed by atoms with Gasteiger partial charge in [0.2, 0.25) is 0 Å². The van der Waals surface area contributed by atoms with Crippen LogP contribution in [0.15, 0.2) is 88.7 Å². The molecule has 0 saturated heterocycles. The number of rotatable bonds is 4. The molecule has 0 aliphatic heterocycles. The highest BCUT2D eigenvalue weighted by molar-refractivity contribution is 7.99. The fraction of sp³-hybridized carbons (Fsp3) is 0.0476. The minimum absolute atomic E-state index is 0.877. The van der Waals surface area contributed by atoms with E-state index < -0.39 is 0 Å². The first-order valence-corrected chi connectivity index (χ1v) is 8.63. The number of nitrogens with one attached hydrogen (secondary N) is 1. The zero-order valence-corrected chi connectivity index (χ0v) is 14.1. The van der Waals surface area contributed by atoms with E-state index in [4.69, 9.17) is 4.74 Å². The highest BCUT2D eigenvalue weighted by Gasteiger charge is 2.05. The van der Waals surface area contributed by atoms with Crippen LogP contribution in [0.5, 0.6) is 5.75 Å². The first kappa shape index (κ1) is 14.9. The van der Waals surface area contributed by atoms with Gasteiger partial charge < -0.3 is 9.72 Å². The van der Waals surface area contributed by atoms with Crippen LogP contribution in [-0.2, 0) is 0 Å². The number of ether oxygens (including phenoxy) is 1. The zero-order valence-electron chi connectivity index (χ0n) is 13.3. The summed E-state index contributed by atoms with van der Waals surface area (Å²) in [6.45, 7) is 0. The molecule has 118 valence electrons. The number of methoxy groups -OCH3 is 1. The van der Waals surface area contributed by atoms with Crippen molar-refractivity contribution in [1.29, 1.82) is 0 Å². The summed E-state index contributed by atoms with van der Waals surface area (Å²) in [5, 5.41) is 1.16. The van der Waals surface area contributed by atoms with Crippen molar-refractivity contribution in [2.24, 2.45) is 0 Å². The molecule has 1 N–H and O–H groups in total. The van der Waals surface area contributed by atoms with E-state index in [1.54, 1.807) is 18.9 Å². The third-order valence-corrected chi connectivity index (χ3v) is 4.99. The zero-order chi connectivity index (χ0) is 16.4. The molecular formula is C21H17NOS. The van der Waals surface area contributed by atoms with Gasteiger partial charge in [0.15, 0.2) is 0 Å². The molecule has 0 fully saturated rings. The first-order chi connectivity index (χ1) is 11.8. The van der Waals surface area contributed by atoms with E-state index in [0.29, 0.717) is 0 Å². The first-order valence-electron chi connectivity index (χ1n) is 7.82. The Hall–Kier alpha value is -2.65.